The molecule has 0 saturated heterocycles. The highest BCUT2D eigenvalue weighted by molar-refractivity contribution is 5.37. The fraction of sp³-hybridized carbons (Fsp3) is 0.900. The zero-order valence-electron chi connectivity index (χ0n) is 7.55. The lowest BCUT2D eigenvalue weighted by Gasteiger charge is -2.20. The molecule has 0 aromatic rings. The second-order valence-corrected chi connectivity index (χ2v) is 3.58. The van der Waals surface area contributed by atoms with Crippen LogP contribution in [0.2, 0.25) is 0 Å². The lowest BCUT2D eigenvalue weighted by Crippen LogP contribution is -2.07. The van der Waals surface area contributed by atoms with Crippen LogP contribution in [0, 0.1) is 5.92 Å². The molecule has 0 bridgehead atoms. The van der Waals surface area contributed by atoms with Gasteiger partial charge in [0.15, 0.2) is 0 Å². The van der Waals surface area contributed by atoms with Gasteiger partial charge in [-0.05, 0) is 18.8 Å². The summed E-state index contributed by atoms with van der Waals surface area (Å²) in [6.45, 7) is 2.01. The zero-order valence-corrected chi connectivity index (χ0v) is 7.55. The van der Waals surface area contributed by atoms with Gasteiger partial charge in [-0.2, -0.15) is 0 Å². The van der Waals surface area contributed by atoms with Gasteiger partial charge in [-0.3, -0.25) is 0 Å². The van der Waals surface area contributed by atoms with E-state index in [0.717, 1.165) is 12.3 Å². The predicted molar refractivity (Wildman–Crippen MR) is 47.5 cm³/mol. The summed E-state index contributed by atoms with van der Waals surface area (Å²) in [4.78, 5) is 9.71. The molecule has 0 aromatic heterocycles. The van der Waals surface area contributed by atoms with Crippen molar-refractivity contribution in [2.45, 2.75) is 44.9 Å². The van der Waals surface area contributed by atoms with Crippen LogP contribution < -0.4 is 0 Å². The molecule has 12 heavy (non-hydrogen) atoms. The molecule has 0 aliphatic heterocycles. The van der Waals surface area contributed by atoms with E-state index >= 15 is 0 Å². The third kappa shape index (κ3) is 3.74. The number of ether oxygens (including phenoxy) is 1. The van der Waals surface area contributed by atoms with E-state index in [0.29, 0.717) is 6.61 Å². The first-order chi connectivity index (χ1) is 5.93. The van der Waals surface area contributed by atoms with Crippen LogP contribution in [0.5, 0.6) is 0 Å². The van der Waals surface area contributed by atoms with E-state index in [4.69, 9.17) is 0 Å². The van der Waals surface area contributed by atoms with Gasteiger partial charge in [0.25, 0.3) is 0 Å². The molecule has 0 unspecified atom stereocenters. The third-order valence-electron chi connectivity index (χ3n) is 2.64. The first-order valence-electron chi connectivity index (χ1n) is 4.92. The molecule has 1 aliphatic carbocycles. The summed E-state index contributed by atoms with van der Waals surface area (Å²) in [5.41, 5.74) is 0. The Bertz CT molecular complexity index is 117. The normalized spacial score (nSPS) is 19.0. The minimum atomic E-state index is 0.556. The fourth-order valence-corrected chi connectivity index (χ4v) is 1.96. The van der Waals surface area contributed by atoms with E-state index in [1.807, 2.05) is 0 Å². The molecule has 0 amide bonds. The smallest absolute Gasteiger partial charge is 0.417 e. The van der Waals surface area contributed by atoms with Gasteiger partial charge in [-0.1, -0.05) is 32.1 Å². The first-order valence-corrected chi connectivity index (χ1v) is 4.92. The van der Waals surface area contributed by atoms with Gasteiger partial charge in [-0.15, -0.1) is 0 Å². The lowest BCUT2D eigenvalue weighted by molar-refractivity contribution is 0.247. The van der Waals surface area contributed by atoms with Crippen LogP contribution in [0.15, 0.2) is 0 Å². The van der Waals surface area contributed by atoms with Gasteiger partial charge in [0.05, 0.1) is 6.61 Å². The van der Waals surface area contributed by atoms with E-state index in [9.17, 15) is 4.79 Å². The Morgan fingerprint density at radius 3 is 2.67 bits per heavy atom. The van der Waals surface area contributed by atoms with Gasteiger partial charge in [0.1, 0.15) is 0 Å². The summed E-state index contributed by atoms with van der Waals surface area (Å²) >= 11 is 0. The SMILES string of the molecule is O=[C]OCCCC1CCCCC1. The van der Waals surface area contributed by atoms with Crippen LogP contribution in [-0.2, 0) is 9.53 Å². The summed E-state index contributed by atoms with van der Waals surface area (Å²) in [5.74, 6) is 0.897. The average Bonchev–Trinajstić information content (AvgIpc) is 2.14. The van der Waals surface area contributed by atoms with Crippen molar-refractivity contribution in [3.8, 4) is 0 Å². The lowest BCUT2D eigenvalue weighted by atomic mass is 9.86. The number of rotatable bonds is 5. The molecular formula is C10H17O2. The standard InChI is InChI=1S/C10H17O2/c11-9-12-8-4-7-10-5-2-1-3-6-10/h10H,1-8H2. The molecule has 1 saturated carbocycles. The summed E-state index contributed by atoms with van der Waals surface area (Å²) in [7, 11) is 0. The van der Waals surface area contributed by atoms with E-state index in [-0.39, 0.29) is 0 Å². The minimum Gasteiger partial charge on any atom is -0.457 e. The van der Waals surface area contributed by atoms with Crippen LogP contribution in [-0.4, -0.2) is 13.1 Å². The largest absolute Gasteiger partial charge is 0.457 e. The van der Waals surface area contributed by atoms with Gasteiger partial charge in [-0.25, -0.2) is 4.79 Å². The van der Waals surface area contributed by atoms with E-state index < -0.39 is 0 Å². The monoisotopic (exact) mass is 169 g/mol. The highest BCUT2D eigenvalue weighted by atomic mass is 16.5. The van der Waals surface area contributed by atoms with Crippen molar-refractivity contribution in [3.63, 3.8) is 0 Å². The fourth-order valence-electron chi connectivity index (χ4n) is 1.96. The zero-order chi connectivity index (χ0) is 8.65. The van der Waals surface area contributed by atoms with E-state index in [1.165, 1.54) is 45.0 Å². The Morgan fingerprint density at radius 2 is 2.00 bits per heavy atom. The van der Waals surface area contributed by atoms with Crippen molar-refractivity contribution in [1.82, 2.24) is 0 Å². The van der Waals surface area contributed by atoms with Crippen molar-refractivity contribution in [3.05, 3.63) is 0 Å². The maximum absolute atomic E-state index is 9.71. The van der Waals surface area contributed by atoms with Crippen LogP contribution in [0.3, 0.4) is 0 Å². The van der Waals surface area contributed by atoms with Gasteiger partial charge >= 0.3 is 6.47 Å². The molecule has 0 heterocycles. The number of hydrogen-bond donors (Lipinski definition) is 0. The van der Waals surface area contributed by atoms with E-state index in [2.05, 4.69) is 4.74 Å². The molecule has 0 spiro atoms. The molecule has 1 radical (unpaired) electrons. The first kappa shape index (κ1) is 9.56. The van der Waals surface area contributed by atoms with Crippen molar-refractivity contribution in [1.29, 1.82) is 0 Å². The molecule has 1 rings (SSSR count). The molecule has 2 nitrogen and oxygen atoms in total. The van der Waals surface area contributed by atoms with Crippen LogP contribution in [0.1, 0.15) is 44.9 Å². The molecule has 69 valence electrons. The number of hydrogen-bond acceptors (Lipinski definition) is 2. The minimum absolute atomic E-state index is 0.556. The van der Waals surface area contributed by atoms with Crippen LogP contribution in [0.25, 0.3) is 0 Å². The molecule has 1 fully saturated rings. The van der Waals surface area contributed by atoms with Gasteiger partial charge < -0.3 is 4.74 Å². The van der Waals surface area contributed by atoms with Crippen molar-refractivity contribution in [2.75, 3.05) is 6.61 Å². The van der Waals surface area contributed by atoms with Crippen molar-refractivity contribution in [2.24, 2.45) is 5.92 Å². The van der Waals surface area contributed by atoms with Crippen LogP contribution in [0.4, 0.5) is 0 Å². The average molecular weight is 169 g/mol. The van der Waals surface area contributed by atoms with Crippen molar-refractivity contribution >= 4 is 6.47 Å². The van der Waals surface area contributed by atoms with Crippen molar-refractivity contribution < 1.29 is 9.53 Å². The quantitative estimate of drug-likeness (QED) is 0.591. The molecule has 0 aromatic carbocycles. The Labute approximate surface area is 74.3 Å². The topological polar surface area (TPSA) is 26.3 Å². The second-order valence-electron chi connectivity index (χ2n) is 3.58. The maximum Gasteiger partial charge on any atom is 0.417 e. The summed E-state index contributed by atoms with van der Waals surface area (Å²) < 4.78 is 4.52. The molecule has 0 atom stereocenters. The predicted octanol–water partition coefficient (Wildman–Crippen LogP) is 2.43. The Morgan fingerprint density at radius 1 is 1.25 bits per heavy atom. The molecule has 0 N–H and O–H groups in total. The summed E-state index contributed by atoms with van der Waals surface area (Å²) in [5, 5.41) is 0. The number of carbonyl (C=O) groups excluding carboxylic acids is 1. The Hall–Kier alpha value is -0.530. The summed E-state index contributed by atoms with van der Waals surface area (Å²) in [6.07, 6.45) is 9.20. The second kappa shape index (κ2) is 6.04. The molecule has 2 heteroatoms. The molecule has 1 aliphatic rings. The maximum atomic E-state index is 9.71. The highest BCUT2D eigenvalue weighted by Gasteiger charge is 2.12. The van der Waals surface area contributed by atoms with Gasteiger partial charge in [0.2, 0.25) is 0 Å². The van der Waals surface area contributed by atoms with Gasteiger partial charge in [0, 0.05) is 0 Å². The summed E-state index contributed by atoms with van der Waals surface area (Å²) in [6, 6.07) is 0. The highest BCUT2D eigenvalue weighted by Crippen LogP contribution is 2.26. The van der Waals surface area contributed by atoms with Crippen LogP contribution >= 0.6 is 0 Å². The Kier molecular flexibility index (Phi) is 4.81. The third-order valence-corrected chi connectivity index (χ3v) is 2.64. The Balaban J connectivity index is 1.94. The molecular weight excluding hydrogens is 152 g/mol. The van der Waals surface area contributed by atoms with E-state index in [1.54, 1.807) is 0 Å².